The van der Waals surface area contributed by atoms with E-state index in [1.165, 1.54) is 6.07 Å². The molecule has 1 unspecified atom stereocenters. The summed E-state index contributed by atoms with van der Waals surface area (Å²) in [5.41, 5.74) is -1.99. The van der Waals surface area contributed by atoms with Crippen molar-refractivity contribution in [3.8, 4) is 6.07 Å². The molecule has 0 bridgehead atoms. The smallest absolute Gasteiger partial charge is 0.550 e. The summed E-state index contributed by atoms with van der Waals surface area (Å²) in [6.07, 6.45) is -0.757. The molecule has 0 saturated heterocycles. The standard InChI is InChI=1S/C5H6ClNO3.Na/c6-2-5(10,3-7)1-4(8)9;/h10H,1-2H2,(H,8,9);/q;+1/p-1. The molecule has 1 N–H and O–H groups in total. The largest absolute Gasteiger partial charge is 1.00 e. The van der Waals surface area contributed by atoms with E-state index in [1.807, 2.05) is 0 Å². The summed E-state index contributed by atoms with van der Waals surface area (Å²) >= 11 is 5.09. The summed E-state index contributed by atoms with van der Waals surface area (Å²) < 4.78 is 0. The minimum atomic E-state index is -1.99. The number of carbonyl (C=O) groups is 1. The monoisotopic (exact) mass is 185 g/mol. The van der Waals surface area contributed by atoms with E-state index in [1.54, 1.807) is 0 Å². The number of carboxylic acids is 1. The van der Waals surface area contributed by atoms with Gasteiger partial charge in [-0.3, -0.25) is 0 Å². The summed E-state index contributed by atoms with van der Waals surface area (Å²) in [5.74, 6) is -1.93. The van der Waals surface area contributed by atoms with Crippen LogP contribution < -0.4 is 34.7 Å². The van der Waals surface area contributed by atoms with Crippen molar-refractivity contribution in [3.05, 3.63) is 0 Å². The van der Waals surface area contributed by atoms with Gasteiger partial charge in [-0.25, -0.2) is 0 Å². The van der Waals surface area contributed by atoms with Crippen LogP contribution in [-0.2, 0) is 4.79 Å². The van der Waals surface area contributed by atoms with Crippen LogP contribution in [0.25, 0.3) is 0 Å². The fraction of sp³-hybridized carbons (Fsp3) is 0.600. The number of aliphatic carboxylic acids is 1. The van der Waals surface area contributed by atoms with E-state index in [0.29, 0.717) is 0 Å². The first-order valence-corrected chi connectivity index (χ1v) is 2.97. The van der Waals surface area contributed by atoms with Gasteiger partial charge in [0.25, 0.3) is 0 Å². The third-order valence-electron chi connectivity index (χ3n) is 0.866. The van der Waals surface area contributed by atoms with Crippen molar-refractivity contribution in [3.63, 3.8) is 0 Å². The van der Waals surface area contributed by atoms with Crippen LogP contribution in [-0.4, -0.2) is 22.6 Å². The maximum Gasteiger partial charge on any atom is 1.00 e. The van der Waals surface area contributed by atoms with Crippen LogP contribution in [0.4, 0.5) is 0 Å². The van der Waals surface area contributed by atoms with E-state index in [9.17, 15) is 9.90 Å². The molecule has 11 heavy (non-hydrogen) atoms. The molecule has 4 nitrogen and oxygen atoms in total. The summed E-state index contributed by atoms with van der Waals surface area (Å²) in [5, 5.41) is 26.9. The Morgan fingerprint density at radius 2 is 2.27 bits per heavy atom. The molecule has 0 aliphatic carbocycles. The maximum atomic E-state index is 9.85. The van der Waals surface area contributed by atoms with Gasteiger partial charge in [-0.2, -0.15) is 5.26 Å². The number of carbonyl (C=O) groups excluding carboxylic acids is 1. The average molecular weight is 186 g/mol. The van der Waals surface area contributed by atoms with Crippen LogP contribution in [0.1, 0.15) is 6.42 Å². The van der Waals surface area contributed by atoms with Crippen LogP contribution >= 0.6 is 11.6 Å². The molecule has 0 amide bonds. The summed E-state index contributed by atoms with van der Waals surface area (Å²) in [6.45, 7) is 0. The molecular weight excluding hydrogens is 181 g/mol. The maximum absolute atomic E-state index is 9.85. The van der Waals surface area contributed by atoms with Gasteiger partial charge in [-0.15, -0.1) is 11.6 Å². The van der Waals surface area contributed by atoms with E-state index in [-0.39, 0.29) is 29.6 Å². The first kappa shape index (κ1) is 13.8. The molecule has 0 rings (SSSR count). The zero-order valence-corrected chi connectivity index (χ0v) is 8.76. The van der Waals surface area contributed by atoms with Crippen LogP contribution in [0, 0.1) is 11.3 Å². The van der Waals surface area contributed by atoms with E-state index < -0.39 is 23.9 Å². The molecule has 0 fully saturated rings. The normalized spacial score (nSPS) is 13.9. The summed E-state index contributed by atoms with van der Waals surface area (Å²) in [4.78, 5) is 9.85. The average Bonchev–Trinajstić information content (AvgIpc) is 1.87. The first-order valence-electron chi connectivity index (χ1n) is 2.43. The fourth-order valence-electron chi connectivity index (χ4n) is 0.355. The van der Waals surface area contributed by atoms with Gasteiger partial charge in [0.2, 0.25) is 0 Å². The Morgan fingerprint density at radius 1 is 1.82 bits per heavy atom. The van der Waals surface area contributed by atoms with Crippen molar-refractivity contribution < 1.29 is 44.6 Å². The zero-order chi connectivity index (χ0) is 8.20. The molecule has 0 aromatic rings. The van der Waals surface area contributed by atoms with Crippen LogP contribution in [0.3, 0.4) is 0 Å². The Balaban J connectivity index is 0. The van der Waals surface area contributed by atoms with Gasteiger partial charge in [-0.05, 0) is 0 Å². The Morgan fingerprint density at radius 3 is 2.36 bits per heavy atom. The van der Waals surface area contributed by atoms with Crippen molar-refractivity contribution in [1.82, 2.24) is 0 Å². The molecule has 56 valence electrons. The second-order valence-electron chi connectivity index (χ2n) is 1.83. The van der Waals surface area contributed by atoms with Gasteiger partial charge in [0, 0.05) is 12.4 Å². The molecule has 0 aliphatic rings. The molecule has 0 radical (unpaired) electrons. The zero-order valence-electron chi connectivity index (χ0n) is 6.00. The topological polar surface area (TPSA) is 84.1 Å². The first-order chi connectivity index (χ1) is 4.54. The number of hydrogen-bond acceptors (Lipinski definition) is 4. The third-order valence-corrected chi connectivity index (χ3v) is 1.31. The second kappa shape index (κ2) is 5.81. The molecule has 0 aromatic heterocycles. The van der Waals surface area contributed by atoms with Crippen LogP contribution in [0.5, 0.6) is 0 Å². The van der Waals surface area contributed by atoms with E-state index in [2.05, 4.69) is 0 Å². The van der Waals surface area contributed by atoms with Crippen LogP contribution in [0.2, 0.25) is 0 Å². The predicted octanol–water partition coefficient (Wildman–Crippen LogP) is -4.38. The van der Waals surface area contributed by atoms with Gasteiger partial charge in [-0.1, -0.05) is 0 Å². The van der Waals surface area contributed by atoms with Crippen molar-refractivity contribution in [1.29, 1.82) is 5.26 Å². The number of nitrogens with zero attached hydrogens (tertiary/aromatic N) is 1. The number of alkyl halides is 1. The second-order valence-corrected chi connectivity index (χ2v) is 2.09. The quantitative estimate of drug-likeness (QED) is 0.274. The van der Waals surface area contributed by atoms with E-state index >= 15 is 0 Å². The Hall–Kier alpha value is 0.210. The molecular formula is C5H5ClNNaO3. The molecule has 0 saturated carbocycles. The predicted molar refractivity (Wildman–Crippen MR) is 30.9 cm³/mol. The number of halogens is 1. The van der Waals surface area contributed by atoms with Crippen molar-refractivity contribution in [2.75, 3.05) is 5.88 Å². The van der Waals surface area contributed by atoms with Gasteiger partial charge < -0.3 is 15.0 Å². The number of hydrogen-bond donors (Lipinski definition) is 1. The van der Waals surface area contributed by atoms with Gasteiger partial charge in [0.1, 0.15) is 0 Å². The number of carboxylic acid groups (broad SMARTS) is 1. The van der Waals surface area contributed by atoms with Gasteiger partial charge in [0.15, 0.2) is 5.60 Å². The Kier molecular flexibility index (Phi) is 7.28. The molecule has 0 spiro atoms. The molecule has 0 aliphatic heterocycles. The van der Waals surface area contributed by atoms with Gasteiger partial charge >= 0.3 is 29.6 Å². The minimum Gasteiger partial charge on any atom is -0.550 e. The van der Waals surface area contributed by atoms with E-state index in [4.69, 9.17) is 22.0 Å². The molecule has 1 atom stereocenters. The molecule has 6 heteroatoms. The molecule has 0 aromatic carbocycles. The van der Waals surface area contributed by atoms with Crippen molar-refractivity contribution >= 4 is 17.6 Å². The third kappa shape index (κ3) is 5.48. The summed E-state index contributed by atoms with van der Waals surface area (Å²) in [6, 6.07) is 1.36. The Labute approximate surface area is 91.1 Å². The SMILES string of the molecule is N#CC(O)(CCl)CC(=O)[O-].[Na+]. The fourth-order valence-corrected chi connectivity index (χ4v) is 0.510. The van der Waals surface area contributed by atoms with E-state index in [0.717, 1.165) is 0 Å². The number of rotatable bonds is 3. The van der Waals surface area contributed by atoms with Crippen molar-refractivity contribution in [2.45, 2.75) is 12.0 Å². The minimum absolute atomic E-state index is 0. The molecule has 0 heterocycles. The van der Waals surface area contributed by atoms with Gasteiger partial charge in [0.05, 0.1) is 11.9 Å². The number of aliphatic hydroxyl groups is 1. The number of nitriles is 1. The Bertz CT molecular complexity index is 181. The van der Waals surface area contributed by atoms with Crippen LogP contribution in [0.15, 0.2) is 0 Å². The summed E-state index contributed by atoms with van der Waals surface area (Å²) in [7, 11) is 0. The van der Waals surface area contributed by atoms with Crippen molar-refractivity contribution in [2.24, 2.45) is 0 Å².